The first-order valence-electron chi connectivity index (χ1n) is 21.7. The van der Waals surface area contributed by atoms with E-state index >= 15 is 0 Å². The summed E-state index contributed by atoms with van der Waals surface area (Å²) in [4.78, 5) is 113. The Morgan fingerprint density at radius 3 is 1.80 bits per heavy atom. The number of aliphatic hydroxyl groups is 1. The minimum Gasteiger partial charge on any atom is -0.391 e. The van der Waals surface area contributed by atoms with E-state index in [-0.39, 0.29) is 49.5 Å². The predicted octanol–water partition coefficient (Wildman–Crippen LogP) is -0.975. The number of nitrogens with one attached hydrogen (secondary N) is 7. The summed E-state index contributed by atoms with van der Waals surface area (Å²) in [5.41, 5.74) is 11.0. The Kier molecular flexibility index (Phi) is 23.9. The number of amides is 8. The van der Waals surface area contributed by atoms with Crippen LogP contribution in [0.25, 0.3) is 0 Å². The maximum absolute atomic E-state index is 14.1. The molecule has 0 aromatic heterocycles. The van der Waals surface area contributed by atoms with Crippen LogP contribution in [-0.2, 0) is 38.4 Å². The molecule has 0 radical (unpaired) electrons. The van der Waals surface area contributed by atoms with Gasteiger partial charge in [-0.25, -0.2) is 0 Å². The highest BCUT2D eigenvalue weighted by Gasteiger charge is 2.40. The Hall–Kier alpha value is -5.01. The van der Waals surface area contributed by atoms with E-state index < -0.39 is 95.7 Å². The molecule has 0 aliphatic carbocycles. The molecule has 0 aromatic rings. The lowest BCUT2D eigenvalue weighted by Gasteiger charge is -2.31. The molecule has 0 unspecified atom stereocenters. The summed E-state index contributed by atoms with van der Waals surface area (Å²) < 4.78 is 0. The van der Waals surface area contributed by atoms with Gasteiger partial charge in [-0.15, -0.1) is 0 Å². The average molecular weight is 866 g/mol. The van der Waals surface area contributed by atoms with Crippen LogP contribution in [0, 0.1) is 17.8 Å². The molecule has 12 N–H and O–H groups in total. The first kappa shape index (κ1) is 54.0. The van der Waals surface area contributed by atoms with Crippen LogP contribution in [0.2, 0.25) is 0 Å². The fourth-order valence-electron chi connectivity index (χ4n) is 6.97. The van der Waals surface area contributed by atoms with E-state index in [1.54, 1.807) is 34.6 Å². The third-order valence-electron chi connectivity index (χ3n) is 10.5. The molecule has 1 saturated heterocycles. The minimum absolute atomic E-state index is 0.0797. The van der Waals surface area contributed by atoms with Gasteiger partial charge in [-0.05, 0) is 70.1 Å². The Labute approximate surface area is 361 Å². The van der Waals surface area contributed by atoms with Crippen molar-refractivity contribution in [3.05, 3.63) is 0 Å². The molecule has 1 fully saturated rings. The Balaban J connectivity index is 3.33. The molecule has 0 bridgehead atoms. The lowest BCUT2D eigenvalue weighted by atomic mass is 9.96. The molecular weight excluding hydrogens is 791 g/mol. The number of likely N-dealkylation sites (N-methyl/N-ethyl adjacent to an activating group) is 1. The third-order valence-corrected chi connectivity index (χ3v) is 10.5. The molecule has 8 amide bonds. The lowest BCUT2D eigenvalue weighted by molar-refractivity contribution is -0.142. The van der Waals surface area contributed by atoms with Gasteiger partial charge in [-0.1, -0.05) is 61.3 Å². The van der Waals surface area contributed by atoms with E-state index in [1.165, 1.54) is 18.7 Å². The Morgan fingerprint density at radius 1 is 0.721 bits per heavy atom. The molecule has 1 aliphatic heterocycles. The van der Waals surface area contributed by atoms with Crippen LogP contribution in [0.3, 0.4) is 0 Å². The summed E-state index contributed by atoms with van der Waals surface area (Å²) in [6.07, 6.45) is 1.26. The topological polar surface area (TPSA) is 309 Å². The van der Waals surface area contributed by atoms with Crippen LogP contribution in [0.1, 0.15) is 121 Å². The van der Waals surface area contributed by atoms with Crippen LogP contribution >= 0.6 is 0 Å². The summed E-state index contributed by atoms with van der Waals surface area (Å²) in [5.74, 6) is -5.70. The van der Waals surface area contributed by atoms with Crippen molar-refractivity contribution in [3.63, 3.8) is 0 Å². The van der Waals surface area contributed by atoms with Crippen molar-refractivity contribution in [2.45, 2.75) is 169 Å². The van der Waals surface area contributed by atoms with Crippen LogP contribution in [0.4, 0.5) is 0 Å². The number of aliphatic hydroxyl groups excluding tert-OH is 1. The number of nitrogens with two attached hydrogens (primary N) is 2. The number of carbonyl (C=O) groups is 8. The van der Waals surface area contributed by atoms with Gasteiger partial charge in [0.25, 0.3) is 0 Å². The largest absolute Gasteiger partial charge is 0.391 e. The maximum atomic E-state index is 14.1. The molecule has 9 atom stereocenters. The van der Waals surface area contributed by atoms with E-state index in [1.807, 2.05) is 20.8 Å². The van der Waals surface area contributed by atoms with Gasteiger partial charge in [0.05, 0.1) is 6.10 Å². The normalized spacial score (nSPS) is 17.7. The second-order valence-corrected chi connectivity index (χ2v) is 16.7. The third kappa shape index (κ3) is 18.2. The molecule has 20 heteroatoms. The number of nitrogens with zero attached hydrogens (tertiary/aromatic N) is 2. The summed E-state index contributed by atoms with van der Waals surface area (Å²) >= 11 is 0. The van der Waals surface area contributed by atoms with Crippen molar-refractivity contribution >= 4 is 53.2 Å². The van der Waals surface area contributed by atoms with Crippen molar-refractivity contribution in [1.29, 1.82) is 0 Å². The summed E-state index contributed by atoms with van der Waals surface area (Å²) in [6, 6.07) is -7.74. The molecular formula is C41H75N11O9. The average Bonchev–Trinajstić information content (AvgIpc) is 3.67. The van der Waals surface area contributed by atoms with Crippen molar-refractivity contribution < 1.29 is 43.5 Å². The zero-order valence-corrected chi connectivity index (χ0v) is 37.9. The van der Waals surface area contributed by atoms with Gasteiger partial charge in [0.2, 0.25) is 47.3 Å². The van der Waals surface area contributed by atoms with Gasteiger partial charge >= 0.3 is 0 Å². The van der Waals surface area contributed by atoms with E-state index in [4.69, 9.17) is 11.5 Å². The summed E-state index contributed by atoms with van der Waals surface area (Å²) in [5, 5.41) is 29.4. The van der Waals surface area contributed by atoms with Gasteiger partial charge in [-0.2, -0.15) is 0 Å². The second-order valence-electron chi connectivity index (χ2n) is 16.7. The van der Waals surface area contributed by atoms with Crippen LogP contribution in [-0.4, -0.2) is 131 Å². The monoisotopic (exact) mass is 866 g/mol. The van der Waals surface area contributed by atoms with Crippen molar-refractivity contribution in [3.8, 4) is 0 Å². The van der Waals surface area contributed by atoms with Gasteiger partial charge in [-0.3, -0.25) is 43.3 Å². The van der Waals surface area contributed by atoms with Crippen LogP contribution < -0.4 is 48.7 Å². The van der Waals surface area contributed by atoms with Gasteiger partial charge in [0.1, 0.15) is 42.3 Å². The number of likely N-dealkylation sites (tertiary alicyclic amines) is 1. The zero-order valence-electron chi connectivity index (χ0n) is 37.9. The number of aliphatic imine (C=N–C) groups is 1. The van der Waals surface area contributed by atoms with E-state index in [0.29, 0.717) is 45.2 Å². The minimum atomic E-state index is -1.55. The van der Waals surface area contributed by atoms with Gasteiger partial charge in [0.15, 0.2) is 5.96 Å². The molecule has 61 heavy (non-hydrogen) atoms. The standard InChI is InChI=1S/C41H75N11O9/c1-11-16-27(47-39(60)33(25(9)53)51-35(56)29(21-22(4)5)49-37(58)31(23(6)7)46-26(10)54)34(55)50-32(24(8)12-2)38(59)48-28(17-14-19-45-41(42)43)40(61)52-20-15-18-30(52)36(57)44-13-3/h22-25,27-33,53H,11-21H2,1-10H3,(H,44,57)(H,46,54)(H,47,60)(H,48,59)(H,49,58)(H,50,55)(H,51,56)(H4,42,43,45)/t24-,25+,27-,28-,29+,30-,31-,32-,33-/m0/s1. The molecule has 0 spiro atoms. The predicted molar refractivity (Wildman–Crippen MR) is 231 cm³/mol. The molecule has 348 valence electrons. The fraction of sp³-hybridized carbons (Fsp3) is 0.780. The second kappa shape index (κ2) is 27.0. The fourth-order valence-corrected chi connectivity index (χ4v) is 6.97. The SMILES string of the molecule is CCC[C@H](NC(=O)[C@@H](NC(=O)[C@@H](CC(C)C)NC(=O)[C@@H](NC(C)=O)C(C)C)[C@@H](C)O)C(=O)N[C@H](C(=O)N[C@@H](CCCN=C(N)N)C(=O)N1CCC[C@H]1C(=O)NCC)[C@@H](C)CC. The van der Waals surface area contributed by atoms with E-state index in [9.17, 15) is 43.5 Å². The number of hydrogen-bond donors (Lipinski definition) is 10. The Bertz CT molecular complexity index is 1520. The number of guanidine groups is 1. The molecule has 20 nitrogen and oxygen atoms in total. The van der Waals surface area contributed by atoms with Crippen LogP contribution in [0.5, 0.6) is 0 Å². The highest BCUT2D eigenvalue weighted by atomic mass is 16.3. The highest BCUT2D eigenvalue weighted by Crippen LogP contribution is 2.20. The van der Waals surface area contributed by atoms with Gasteiger partial charge in [0, 0.05) is 26.6 Å². The number of hydrogen-bond acceptors (Lipinski definition) is 10. The highest BCUT2D eigenvalue weighted by molar-refractivity contribution is 5.98. The quantitative estimate of drug-likeness (QED) is 0.0287. The van der Waals surface area contributed by atoms with E-state index in [2.05, 4.69) is 42.2 Å². The number of carbonyl (C=O) groups excluding carboxylic acids is 8. The van der Waals surface area contributed by atoms with Crippen molar-refractivity contribution in [2.24, 2.45) is 34.2 Å². The first-order valence-corrected chi connectivity index (χ1v) is 21.7. The lowest BCUT2D eigenvalue weighted by Crippen LogP contribution is -2.62. The zero-order chi connectivity index (χ0) is 46.6. The molecule has 0 saturated carbocycles. The first-order chi connectivity index (χ1) is 28.6. The maximum Gasteiger partial charge on any atom is 0.245 e. The summed E-state index contributed by atoms with van der Waals surface area (Å²) in [7, 11) is 0. The Morgan fingerprint density at radius 2 is 1.28 bits per heavy atom. The van der Waals surface area contributed by atoms with E-state index in [0.717, 1.165) is 0 Å². The molecule has 0 aromatic carbocycles. The van der Waals surface area contributed by atoms with Gasteiger partial charge < -0.3 is 58.7 Å². The smallest absolute Gasteiger partial charge is 0.245 e. The molecule has 1 rings (SSSR count). The van der Waals surface area contributed by atoms with Crippen molar-refractivity contribution in [2.75, 3.05) is 19.6 Å². The molecule has 1 aliphatic rings. The van der Waals surface area contributed by atoms with Crippen molar-refractivity contribution in [1.82, 2.24) is 42.1 Å². The summed E-state index contributed by atoms with van der Waals surface area (Å²) in [6.45, 7) is 17.8. The molecule has 1 heterocycles. The van der Waals surface area contributed by atoms with Crippen LogP contribution in [0.15, 0.2) is 4.99 Å². The number of rotatable bonds is 26.